The number of benzene rings is 1. The van der Waals surface area contributed by atoms with Crippen LogP contribution in [-0.2, 0) is 4.79 Å². The van der Waals surface area contributed by atoms with E-state index >= 15 is 0 Å². The van der Waals surface area contributed by atoms with Crippen molar-refractivity contribution < 1.29 is 4.79 Å². The number of amides is 1. The first kappa shape index (κ1) is 16.5. The van der Waals surface area contributed by atoms with Crippen molar-refractivity contribution >= 4 is 5.91 Å². The Morgan fingerprint density at radius 2 is 1.83 bits per heavy atom. The maximum absolute atomic E-state index is 12.8. The molecule has 2 fully saturated rings. The standard InChI is InChI=1S/C19H29N3O/c1-13-9-10-15(11-14(13)2)17-12-18(21-20-17)19(23)22(3)16-7-5-4-6-8-16/h9-11,16-18,20-21H,4-8,12H2,1-3H3. The molecule has 1 saturated heterocycles. The summed E-state index contributed by atoms with van der Waals surface area (Å²) in [6, 6.07) is 7.08. The van der Waals surface area contributed by atoms with Crippen LogP contribution in [0.15, 0.2) is 18.2 Å². The van der Waals surface area contributed by atoms with Crippen LogP contribution in [0.5, 0.6) is 0 Å². The molecule has 0 spiro atoms. The largest absolute Gasteiger partial charge is 0.341 e. The number of likely N-dealkylation sites (N-methyl/N-ethyl adjacent to an activating group) is 1. The minimum absolute atomic E-state index is 0.117. The summed E-state index contributed by atoms with van der Waals surface area (Å²) in [6.07, 6.45) is 6.95. The molecule has 126 valence electrons. The highest BCUT2D eigenvalue weighted by Crippen LogP contribution is 2.27. The maximum Gasteiger partial charge on any atom is 0.241 e. The fourth-order valence-corrected chi connectivity index (χ4v) is 3.81. The number of nitrogens with zero attached hydrogens (tertiary/aromatic N) is 1. The van der Waals surface area contributed by atoms with Crippen LogP contribution in [0.1, 0.15) is 61.3 Å². The zero-order valence-electron chi connectivity index (χ0n) is 14.6. The first-order valence-electron chi connectivity index (χ1n) is 8.91. The molecule has 1 aliphatic heterocycles. The number of carbonyl (C=O) groups excluding carboxylic acids is 1. The Morgan fingerprint density at radius 3 is 2.52 bits per heavy atom. The minimum Gasteiger partial charge on any atom is -0.341 e. The summed E-state index contributed by atoms with van der Waals surface area (Å²) in [7, 11) is 1.98. The predicted octanol–water partition coefficient (Wildman–Crippen LogP) is 3.00. The highest BCUT2D eigenvalue weighted by atomic mass is 16.2. The zero-order chi connectivity index (χ0) is 16.4. The van der Waals surface area contributed by atoms with Crippen molar-refractivity contribution in [2.45, 2.75) is 70.5 Å². The van der Waals surface area contributed by atoms with E-state index in [4.69, 9.17) is 0 Å². The lowest BCUT2D eigenvalue weighted by atomic mass is 9.93. The summed E-state index contributed by atoms with van der Waals surface area (Å²) < 4.78 is 0. The molecule has 1 heterocycles. The summed E-state index contributed by atoms with van der Waals surface area (Å²) in [5.41, 5.74) is 10.4. The summed E-state index contributed by atoms with van der Waals surface area (Å²) >= 11 is 0. The van der Waals surface area contributed by atoms with Gasteiger partial charge in [0.1, 0.15) is 6.04 Å². The Hall–Kier alpha value is -1.39. The molecule has 2 N–H and O–H groups in total. The van der Waals surface area contributed by atoms with Crippen LogP contribution in [0, 0.1) is 13.8 Å². The summed E-state index contributed by atoms with van der Waals surface area (Å²) in [4.78, 5) is 14.8. The van der Waals surface area contributed by atoms with Gasteiger partial charge in [0.05, 0.1) is 0 Å². The number of hydrogen-bond acceptors (Lipinski definition) is 3. The lowest BCUT2D eigenvalue weighted by molar-refractivity contribution is -0.134. The molecule has 0 bridgehead atoms. The molecule has 4 heteroatoms. The smallest absolute Gasteiger partial charge is 0.241 e. The van der Waals surface area contributed by atoms with Crippen molar-refractivity contribution in [2.75, 3.05) is 7.05 Å². The van der Waals surface area contributed by atoms with Crippen LogP contribution in [0.25, 0.3) is 0 Å². The second-order valence-electron chi connectivity index (χ2n) is 7.21. The van der Waals surface area contributed by atoms with Crippen LogP contribution in [-0.4, -0.2) is 29.9 Å². The third-order valence-corrected chi connectivity index (χ3v) is 5.60. The maximum atomic E-state index is 12.8. The molecule has 1 aliphatic carbocycles. The molecule has 2 aliphatic rings. The van der Waals surface area contributed by atoms with Gasteiger partial charge < -0.3 is 4.90 Å². The molecular formula is C19H29N3O. The molecule has 1 amide bonds. The molecule has 23 heavy (non-hydrogen) atoms. The number of aryl methyl sites for hydroxylation is 2. The normalized spacial score (nSPS) is 25.5. The lowest BCUT2D eigenvalue weighted by Gasteiger charge is -2.32. The molecule has 2 unspecified atom stereocenters. The average molecular weight is 315 g/mol. The van der Waals surface area contributed by atoms with Gasteiger partial charge in [-0.15, -0.1) is 0 Å². The average Bonchev–Trinajstić information content (AvgIpc) is 3.07. The van der Waals surface area contributed by atoms with Gasteiger partial charge in [-0.1, -0.05) is 37.5 Å². The van der Waals surface area contributed by atoms with Crippen LogP contribution in [0.4, 0.5) is 0 Å². The third kappa shape index (κ3) is 3.59. The van der Waals surface area contributed by atoms with Crippen LogP contribution in [0.3, 0.4) is 0 Å². The topological polar surface area (TPSA) is 44.4 Å². The Labute approximate surface area is 139 Å². The third-order valence-electron chi connectivity index (χ3n) is 5.60. The molecule has 4 nitrogen and oxygen atoms in total. The number of rotatable bonds is 3. The quantitative estimate of drug-likeness (QED) is 0.901. The highest BCUT2D eigenvalue weighted by Gasteiger charge is 2.34. The summed E-state index contributed by atoms with van der Waals surface area (Å²) in [5, 5.41) is 0. The molecular weight excluding hydrogens is 286 g/mol. The van der Waals surface area contributed by atoms with E-state index in [9.17, 15) is 4.79 Å². The fraction of sp³-hybridized carbons (Fsp3) is 0.632. The molecule has 0 aromatic heterocycles. The number of hydrazine groups is 1. The van der Waals surface area contributed by atoms with Crippen molar-refractivity contribution in [3.05, 3.63) is 34.9 Å². The SMILES string of the molecule is Cc1ccc(C2CC(C(=O)N(C)C3CCCCC3)NN2)cc1C. The number of hydrogen-bond donors (Lipinski definition) is 2. The van der Waals surface area contributed by atoms with Gasteiger partial charge in [0.2, 0.25) is 5.91 Å². The van der Waals surface area contributed by atoms with E-state index in [1.165, 1.54) is 36.0 Å². The molecule has 1 saturated carbocycles. The van der Waals surface area contributed by atoms with Crippen LogP contribution in [0.2, 0.25) is 0 Å². The summed E-state index contributed by atoms with van der Waals surface area (Å²) in [5.74, 6) is 0.232. The van der Waals surface area contributed by atoms with Crippen LogP contribution < -0.4 is 10.9 Å². The minimum atomic E-state index is -0.117. The molecule has 3 rings (SSSR count). The second kappa shape index (κ2) is 7.02. The van der Waals surface area contributed by atoms with Gasteiger partial charge in [0.15, 0.2) is 0 Å². The van der Waals surface area contributed by atoms with Gasteiger partial charge in [0, 0.05) is 19.1 Å². The number of nitrogens with one attached hydrogen (secondary N) is 2. The first-order chi connectivity index (χ1) is 11.1. The second-order valence-corrected chi connectivity index (χ2v) is 7.21. The first-order valence-corrected chi connectivity index (χ1v) is 8.91. The van der Waals surface area contributed by atoms with E-state index in [0.717, 1.165) is 19.3 Å². The monoisotopic (exact) mass is 315 g/mol. The zero-order valence-corrected chi connectivity index (χ0v) is 14.6. The van der Waals surface area contributed by atoms with Crippen molar-refractivity contribution in [1.82, 2.24) is 15.8 Å². The van der Waals surface area contributed by atoms with E-state index in [1.54, 1.807) is 0 Å². The van der Waals surface area contributed by atoms with Crippen molar-refractivity contribution in [3.8, 4) is 0 Å². The lowest BCUT2D eigenvalue weighted by Crippen LogP contribution is -2.48. The van der Waals surface area contributed by atoms with Crippen molar-refractivity contribution in [2.24, 2.45) is 0 Å². The van der Waals surface area contributed by atoms with Gasteiger partial charge >= 0.3 is 0 Å². The van der Waals surface area contributed by atoms with Crippen molar-refractivity contribution in [1.29, 1.82) is 0 Å². The molecule has 1 aromatic carbocycles. The predicted molar refractivity (Wildman–Crippen MR) is 93.0 cm³/mol. The van der Waals surface area contributed by atoms with Gasteiger partial charge in [-0.2, -0.15) is 0 Å². The van der Waals surface area contributed by atoms with E-state index < -0.39 is 0 Å². The van der Waals surface area contributed by atoms with Crippen molar-refractivity contribution in [3.63, 3.8) is 0 Å². The van der Waals surface area contributed by atoms with E-state index in [0.29, 0.717) is 6.04 Å². The fourth-order valence-electron chi connectivity index (χ4n) is 3.81. The summed E-state index contributed by atoms with van der Waals surface area (Å²) in [6.45, 7) is 4.27. The highest BCUT2D eigenvalue weighted by molar-refractivity contribution is 5.82. The van der Waals surface area contributed by atoms with Gasteiger partial charge in [-0.05, 0) is 49.8 Å². The van der Waals surface area contributed by atoms with E-state index in [2.05, 4.69) is 42.9 Å². The van der Waals surface area contributed by atoms with Gasteiger partial charge in [-0.3, -0.25) is 4.79 Å². The Morgan fingerprint density at radius 1 is 1.09 bits per heavy atom. The Balaban J connectivity index is 1.62. The molecule has 1 aromatic rings. The Kier molecular flexibility index (Phi) is 5.02. The van der Waals surface area contributed by atoms with Gasteiger partial charge in [0.25, 0.3) is 0 Å². The van der Waals surface area contributed by atoms with E-state index in [-0.39, 0.29) is 18.0 Å². The van der Waals surface area contributed by atoms with Crippen LogP contribution >= 0.6 is 0 Å². The molecule has 2 atom stereocenters. The van der Waals surface area contributed by atoms with E-state index in [1.807, 2.05) is 11.9 Å². The molecule has 0 radical (unpaired) electrons. The number of carbonyl (C=O) groups is 1. The Bertz CT molecular complexity index is 566. The van der Waals surface area contributed by atoms with Gasteiger partial charge in [-0.25, -0.2) is 10.9 Å².